The SMILES string of the molecule is N=C(CCCCNS(=O)(=O)c1cc(-c2ncc(-c3ccc(Br)c(F)c3)[nH]2)ccc1Cl)N=NN. The second-order valence-electron chi connectivity index (χ2n) is 6.94. The summed E-state index contributed by atoms with van der Waals surface area (Å²) in [5.74, 6) is 4.91. The van der Waals surface area contributed by atoms with Crippen LogP contribution in [-0.4, -0.2) is 30.8 Å². The Bertz CT molecular complexity index is 1300. The number of nitrogens with one attached hydrogen (secondary N) is 3. The molecule has 174 valence electrons. The first-order valence-electron chi connectivity index (χ1n) is 9.69. The molecule has 1 aromatic heterocycles. The maximum Gasteiger partial charge on any atom is 0.242 e. The highest BCUT2D eigenvalue weighted by Gasteiger charge is 2.19. The Kier molecular flexibility index (Phi) is 8.30. The second-order valence-corrected chi connectivity index (χ2v) is 9.93. The highest BCUT2D eigenvalue weighted by atomic mass is 79.9. The van der Waals surface area contributed by atoms with Crippen molar-refractivity contribution in [3.8, 4) is 22.6 Å². The van der Waals surface area contributed by atoms with Gasteiger partial charge < -0.3 is 10.8 Å². The van der Waals surface area contributed by atoms with Crippen LogP contribution in [0.2, 0.25) is 5.02 Å². The van der Waals surface area contributed by atoms with Crippen LogP contribution in [0.25, 0.3) is 22.6 Å². The van der Waals surface area contributed by atoms with Crippen molar-refractivity contribution < 1.29 is 12.8 Å². The lowest BCUT2D eigenvalue weighted by Crippen LogP contribution is -2.25. The van der Waals surface area contributed by atoms with Gasteiger partial charge in [-0.2, -0.15) is 0 Å². The van der Waals surface area contributed by atoms with E-state index in [1.54, 1.807) is 24.4 Å². The summed E-state index contributed by atoms with van der Waals surface area (Å²) >= 11 is 9.28. The standard InChI is InChI=1S/C20H20BrClFN7O2S/c21-14-6-4-12(9-16(14)23)17-11-26-20(28-17)13-5-7-15(22)18(10-13)33(31,32)27-8-2-1-3-19(24)29-30-25/h4-7,9-11,27H,1-3,8H2,(H,26,28)(H3,24,25,29). The van der Waals surface area contributed by atoms with E-state index in [2.05, 4.69) is 41.0 Å². The summed E-state index contributed by atoms with van der Waals surface area (Å²) in [6.07, 6.45) is 2.91. The molecule has 2 aromatic carbocycles. The number of benzene rings is 2. The van der Waals surface area contributed by atoms with Gasteiger partial charge in [-0.15, -0.1) is 5.11 Å². The Hall–Kier alpha value is -2.67. The van der Waals surface area contributed by atoms with Crippen LogP contribution in [0.1, 0.15) is 19.3 Å². The van der Waals surface area contributed by atoms with E-state index in [0.29, 0.717) is 46.4 Å². The van der Waals surface area contributed by atoms with Gasteiger partial charge in [-0.05, 0) is 59.1 Å². The molecule has 0 bridgehead atoms. The van der Waals surface area contributed by atoms with Crippen LogP contribution in [0.15, 0.2) is 62.3 Å². The lowest BCUT2D eigenvalue weighted by Gasteiger charge is -2.09. The maximum atomic E-state index is 13.9. The van der Waals surface area contributed by atoms with Crippen LogP contribution >= 0.6 is 27.5 Å². The van der Waals surface area contributed by atoms with Crippen LogP contribution in [0.4, 0.5) is 4.39 Å². The summed E-state index contributed by atoms with van der Waals surface area (Å²) in [6.45, 7) is 0.163. The van der Waals surface area contributed by atoms with Gasteiger partial charge in [-0.1, -0.05) is 22.9 Å². The molecule has 0 amide bonds. The minimum absolute atomic E-state index is 0.0276. The molecule has 0 fully saturated rings. The van der Waals surface area contributed by atoms with Crippen molar-refractivity contribution in [2.75, 3.05) is 6.54 Å². The number of imidazole rings is 1. The molecule has 0 unspecified atom stereocenters. The van der Waals surface area contributed by atoms with Crippen LogP contribution in [0.3, 0.4) is 0 Å². The molecule has 0 aliphatic carbocycles. The van der Waals surface area contributed by atoms with E-state index in [9.17, 15) is 12.8 Å². The summed E-state index contributed by atoms with van der Waals surface area (Å²) in [4.78, 5) is 7.28. The van der Waals surface area contributed by atoms with Gasteiger partial charge in [-0.3, -0.25) is 5.41 Å². The van der Waals surface area contributed by atoms with E-state index in [1.165, 1.54) is 18.2 Å². The predicted octanol–water partition coefficient (Wildman–Crippen LogP) is 5.05. The van der Waals surface area contributed by atoms with Gasteiger partial charge >= 0.3 is 0 Å². The van der Waals surface area contributed by atoms with Crippen LogP contribution in [0, 0.1) is 11.2 Å². The predicted molar refractivity (Wildman–Crippen MR) is 128 cm³/mol. The number of H-pyrrole nitrogens is 1. The molecule has 0 saturated carbocycles. The molecule has 1 heterocycles. The Morgan fingerprint density at radius 3 is 2.73 bits per heavy atom. The Morgan fingerprint density at radius 1 is 1.24 bits per heavy atom. The molecule has 0 spiro atoms. The van der Waals surface area contributed by atoms with Gasteiger partial charge in [0, 0.05) is 24.1 Å². The number of hydrogen-bond acceptors (Lipinski definition) is 5. The number of nitrogens with two attached hydrogens (primary N) is 1. The van der Waals surface area contributed by atoms with Gasteiger partial charge in [0.1, 0.15) is 22.4 Å². The van der Waals surface area contributed by atoms with Crippen LogP contribution < -0.4 is 10.6 Å². The first-order chi connectivity index (χ1) is 15.7. The minimum atomic E-state index is -3.88. The zero-order valence-electron chi connectivity index (χ0n) is 17.1. The number of amidine groups is 1. The van der Waals surface area contributed by atoms with Crippen molar-refractivity contribution in [2.24, 2.45) is 16.2 Å². The van der Waals surface area contributed by atoms with Crippen molar-refractivity contribution in [3.05, 3.63) is 57.9 Å². The molecule has 33 heavy (non-hydrogen) atoms. The number of nitrogens with zero attached hydrogens (tertiary/aromatic N) is 3. The smallest absolute Gasteiger partial charge is 0.242 e. The van der Waals surface area contributed by atoms with Crippen molar-refractivity contribution in [1.82, 2.24) is 14.7 Å². The second kappa shape index (κ2) is 11.0. The van der Waals surface area contributed by atoms with Gasteiger partial charge in [0.05, 0.1) is 21.4 Å². The fourth-order valence-corrected chi connectivity index (χ4v) is 4.80. The Morgan fingerprint density at radius 2 is 2.00 bits per heavy atom. The molecule has 0 radical (unpaired) electrons. The largest absolute Gasteiger partial charge is 0.338 e. The fourth-order valence-electron chi connectivity index (χ4n) is 2.96. The number of sulfonamides is 1. The Labute approximate surface area is 203 Å². The van der Waals surface area contributed by atoms with Crippen molar-refractivity contribution in [2.45, 2.75) is 24.2 Å². The fraction of sp³-hybridized carbons (Fsp3) is 0.200. The molecule has 5 N–H and O–H groups in total. The van der Waals surface area contributed by atoms with Gasteiger partial charge in [-0.25, -0.2) is 22.5 Å². The first-order valence-corrected chi connectivity index (χ1v) is 12.3. The third kappa shape index (κ3) is 6.44. The minimum Gasteiger partial charge on any atom is -0.338 e. The summed E-state index contributed by atoms with van der Waals surface area (Å²) in [7, 11) is -3.88. The molecule has 9 nitrogen and oxygen atoms in total. The molecular weight excluding hydrogens is 537 g/mol. The van der Waals surface area contributed by atoms with E-state index in [-0.39, 0.29) is 22.3 Å². The summed E-state index contributed by atoms with van der Waals surface area (Å²) in [6, 6.07) is 9.23. The Balaban J connectivity index is 1.73. The van der Waals surface area contributed by atoms with Crippen molar-refractivity contribution in [3.63, 3.8) is 0 Å². The zero-order valence-corrected chi connectivity index (χ0v) is 20.3. The highest BCUT2D eigenvalue weighted by molar-refractivity contribution is 9.10. The van der Waals surface area contributed by atoms with E-state index >= 15 is 0 Å². The monoisotopic (exact) mass is 555 g/mol. The molecule has 13 heteroatoms. The van der Waals surface area contributed by atoms with Crippen LogP contribution in [0.5, 0.6) is 0 Å². The lowest BCUT2D eigenvalue weighted by atomic mass is 10.2. The zero-order chi connectivity index (χ0) is 24.0. The lowest BCUT2D eigenvalue weighted by molar-refractivity contribution is 0.577. The number of unbranched alkanes of at least 4 members (excludes halogenated alkanes) is 1. The highest BCUT2D eigenvalue weighted by Crippen LogP contribution is 2.29. The molecule has 0 aliphatic rings. The molecular formula is C20H20BrClFN7O2S. The maximum absolute atomic E-state index is 13.9. The van der Waals surface area contributed by atoms with Crippen molar-refractivity contribution >= 4 is 43.4 Å². The average Bonchev–Trinajstić information content (AvgIpc) is 3.26. The summed E-state index contributed by atoms with van der Waals surface area (Å²) < 4.78 is 42.2. The number of aromatic amines is 1. The number of aromatic nitrogens is 2. The molecule has 0 saturated heterocycles. The summed E-state index contributed by atoms with van der Waals surface area (Å²) in [5, 5.41) is 14.0. The third-order valence-electron chi connectivity index (χ3n) is 4.61. The quantitative estimate of drug-likeness (QED) is 0.0728. The average molecular weight is 557 g/mol. The molecule has 3 rings (SSSR count). The number of halogens is 3. The van der Waals surface area contributed by atoms with Gasteiger partial charge in [0.15, 0.2) is 0 Å². The molecule has 0 atom stereocenters. The van der Waals surface area contributed by atoms with Crippen molar-refractivity contribution in [1.29, 1.82) is 5.41 Å². The topological polar surface area (TPSA) is 149 Å². The van der Waals surface area contributed by atoms with Gasteiger partial charge in [0.2, 0.25) is 10.0 Å². The number of hydrogen-bond donors (Lipinski definition) is 4. The van der Waals surface area contributed by atoms with E-state index in [0.717, 1.165) is 0 Å². The van der Waals surface area contributed by atoms with Gasteiger partial charge in [0.25, 0.3) is 0 Å². The summed E-state index contributed by atoms with van der Waals surface area (Å²) in [5.41, 5.74) is 1.68. The van der Waals surface area contributed by atoms with E-state index in [4.69, 9.17) is 22.9 Å². The third-order valence-corrected chi connectivity index (χ3v) is 7.20. The number of rotatable bonds is 9. The first kappa shape index (κ1) is 25.0. The van der Waals surface area contributed by atoms with Crippen LogP contribution in [-0.2, 0) is 10.0 Å². The van der Waals surface area contributed by atoms with E-state index in [1.807, 2.05) is 0 Å². The normalized spacial score (nSPS) is 11.8. The molecule has 0 aliphatic heterocycles. The molecule has 3 aromatic rings. The van der Waals surface area contributed by atoms with E-state index < -0.39 is 15.8 Å².